The average Bonchev–Trinajstić information content (AvgIpc) is 3.26. The number of aryl methyl sites for hydroxylation is 1. The smallest absolute Gasteiger partial charge is 0.416 e. The van der Waals surface area contributed by atoms with Gasteiger partial charge in [0, 0.05) is 35.2 Å². The van der Waals surface area contributed by atoms with Gasteiger partial charge in [-0.3, -0.25) is 4.79 Å². The number of ether oxygens (including phenoxy) is 1. The van der Waals surface area contributed by atoms with Crippen molar-refractivity contribution in [3.8, 4) is 5.75 Å². The maximum atomic E-state index is 14.0. The van der Waals surface area contributed by atoms with Gasteiger partial charge in [-0.25, -0.2) is 4.39 Å². The second kappa shape index (κ2) is 11.3. The topological polar surface area (TPSA) is 58.6 Å². The van der Waals surface area contributed by atoms with Crippen LogP contribution in [0.15, 0.2) is 65.6 Å². The minimum absolute atomic E-state index is 0.0844. The first-order valence-electron chi connectivity index (χ1n) is 10.5. The van der Waals surface area contributed by atoms with E-state index < -0.39 is 23.5 Å². The fourth-order valence-corrected chi connectivity index (χ4v) is 3.55. The number of carboxylic acid groups (broad SMARTS) is 1. The molecule has 0 atom stereocenters. The molecule has 1 aliphatic heterocycles. The predicted molar refractivity (Wildman–Crippen MR) is 124 cm³/mol. The highest BCUT2D eigenvalue weighted by Crippen LogP contribution is 2.30. The van der Waals surface area contributed by atoms with Crippen molar-refractivity contribution in [1.82, 2.24) is 0 Å². The molecule has 0 saturated heterocycles. The minimum atomic E-state index is -4.25. The van der Waals surface area contributed by atoms with Crippen LogP contribution in [0.25, 0.3) is 0 Å². The van der Waals surface area contributed by atoms with Gasteiger partial charge in [-0.1, -0.05) is 24.3 Å². The van der Waals surface area contributed by atoms with Crippen LogP contribution in [0.2, 0.25) is 0 Å². The Kier molecular flexibility index (Phi) is 8.44. The number of thiol groups is 1. The van der Waals surface area contributed by atoms with Crippen LogP contribution in [0.5, 0.6) is 5.75 Å². The van der Waals surface area contributed by atoms with Gasteiger partial charge in [-0.05, 0) is 54.3 Å². The van der Waals surface area contributed by atoms with Crippen molar-refractivity contribution in [2.45, 2.75) is 36.9 Å². The molecule has 3 aromatic carbocycles. The Labute approximate surface area is 200 Å². The van der Waals surface area contributed by atoms with Gasteiger partial charge >= 0.3 is 12.1 Å². The minimum Gasteiger partial charge on any atom is -0.489 e. The number of hydrogen-bond acceptors (Lipinski definition) is 4. The normalized spacial score (nSPS) is 12.3. The molecule has 0 fully saturated rings. The van der Waals surface area contributed by atoms with Crippen molar-refractivity contribution in [2.24, 2.45) is 0 Å². The largest absolute Gasteiger partial charge is 0.489 e. The summed E-state index contributed by atoms with van der Waals surface area (Å²) in [6.45, 7) is 1.29. The molecule has 0 aliphatic carbocycles. The molecule has 9 heteroatoms. The molecule has 2 N–H and O–H groups in total. The molecule has 0 unspecified atom stereocenters. The van der Waals surface area contributed by atoms with Gasteiger partial charge in [-0.2, -0.15) is 13.2 Å². The fraction of sp³-hybridized carbons (Fsp3) is 0.240. The van der Waals surface area contributed by atoms with Crippen LogP contribution in [-0.2, 0) is 30.4 Å². The molecule has 1 aliphatic rings. The van der Waals surface area contributed by atoms with Gasteiger partial charge in [0.05, 0.1) is 5.56 Å². The number of halogens is 4. The number of anilines is 1. The molecule has 0 bridgehead atoms. The summed E-state index contributed by atoms with van der Waals surface area (Å²) in [5.74, 6) is -0.924. The Balaban J connectivity index is 0.000000248. The predicted octanol–water partition coefficient (Wildman–Crippen LogP) is 6.38. The van der Waals surface area contributed by atoms with E-state index in [1.807, 2.05) is 12.1 Å². The van der Waals surface area contributed by atoms with Gasteiger partial charge in [0.1, 0.15) is 18.2 Å². The van der Waals surface area contributed by atoms with Gasteiger partial charge in [0.25, 0.3) is 0 Å². The van der Waals surface area contributed by atoms with Crippen LogP contribution in [0.1, 0.15) is 28.7 Å². The van der Waals surface area contributed by atoms with Crippen LogP contribution < -0.4 is 10.1 Å². The van der Waals surface area contributed by atoms with Gasteiger partial charge in [0.15, 0.2) is 0 Å². The van der Waals surface area contributed by atoms with Crippen molar-refractivity contribution in [1.29, 1.82) is 0 Å². The standard InChI is InChI=1S/C18H18FNO3.C7H5F3S/c19-16-10-15(6-4-12(16)5-7-17(21)22)23-11-14-3-1-2-13-8-9-20-18(13)14;8-7(9,10)5-1-3-6(11)4-2-5/h1-4,6,10,20H,5,7-9,11H2,(H,21,22);1-4,11H. The van der Waals surface area contributed by atoms with E-state index >= 15 is 0 Å². The third-order valence-electron chi connectivity index (χ3n) is 5.15. The molecule has 4 nitrogen and oxygen atoms in total. The summed E-state index contributed by atoms with van der Waals surface area (Å²) in [5, 5.41) is 12.0. The molecule has 0 saturated carbocycles. The van der Waals surface area contributed by atoms with E-state index in [0.717, 1.165) is 36.3 Å². The summed E-state index contributed by atoms with van der Waals surface area (Å²) < 4.78 is 55.3. The molecule has 180 valence electrons. The molecule has 34 heavy (non-hydrogen) atoms. The lowest BCUT2D eigenvalue weighted by molar-refractivity contribution is -0.138. The summed E-state index contributed by atoms with van der Waals surface area (Å²) in [7, 11) is 0. The number of rotatable bonds is 6. The lowest BCUT2D eigenvalue weighted by Crippen LogP contribution is -2.03. The monoisotopic (exact) mass is 493 g/mol. The number of carbonyl (C=O) groups is 1. The summed E-state index contributed by atoms with van der Waals surface area (Å²) in [6, 6.07) is 15.3. The first kappa shape index (κ1) is 25.4. The van der Waals surface area contributed by atoms with E-state index in [9.17, 15) is 22.4 Å². The zero-order valence-electron chi connectivity index (χ0n) is 18.0. The number of fused-ring (bicyclic) bond motifs is 1. The first-order chi connectivity index (χ1) is 16.1. The van der Waals surface area contributed by atoms with E-state index in [4.69, 9.17) is 9.84 Å². The Morgan fingerprint density at radius 2 is 1.79 bits per heavy atom. The first-order valence-corrected chi connectivity index (χ1v) is 10.9. The van der Waals surface area contributed by atoms with E-state index in [1.165, 1.54) is 23.8 Å². The van der Waals surface area contributed by atoms with Crippen LogP contribution in [0, 0.1) is 5.82 Å². The zero-order chi connectivity index (χ0) is 24.7. The number of hydrogen-bond donors (Lipinski definition) is 3. The van der Waals surface area contributed by atoms with Crippen molar-refractivity contribution in [2.75, 3.05) is 11.9 Å². The molecule has 0 spiro atoms. The van der Waals surface area contributed by atoms with Crippen LogP contribution in [-0.4, -0.2) is 17.6 Å². The number of aliphatic carboxylic acids is 1. The van der Waals surface area contributed by atoms with Gasteiger partial charge in [-0.15, -0.1) is 12.6 Å². The van der Waals surface area contributed by atoms with Crippen LogP contribution >= 0.6 is 12.6 Å². The Bertz CT molecular complexity index is 1130. The third kappa shape index (κ3) is 7.15. The summed E-state index contributed by atoms with van der Waals surface area (Å²) in [4.78, 5) is 11.1. The van der Waals surface area contributed by atoms with E-state index in [0.29, 0.717) is 22.8 Å². The fourth-order valence-electron chi connectivity index (χ4n) is 3.40. The van der Waals surface area contributed by atoms with Crippen LogP contribution in [0.3, 0.4) is 0 Å². The highest BCUT2D eigenvalue weighted by atomic mass is 32.1. The number of nitrogens with one attached hydrogen (secondary N) is 1. The van der Waals surface area contributed by atoms with Gasteiger partial charge in [0.2, 0.25) is 0 Å². The van der Waals surface area contributed by atoms with Gasteiger partial charge < -0.3 is 15.2 Å². The highest BCUT2D eigenvalue weighted by molar-refractivity contribution is 7.80. The summed E-state index contributed by atoms with van der Waals surface area (Å²) in [6.07, 6.45) is -3.14. The Morgan fingerprint density at radius 1 is 1.06 bits per heavy atom. The lowest BCUT2D eigenvalue weighted by Gasteiger charge is -2.11. The van der Waals surface area contributed by atoms with E-state index in [2.05, 4.69) is 24.0 Å². The van der Waals surface area contributed by atoms with Crippen molar-refractivity contribution < 1.29 is 32.2 Å². The number of benzene rings is 3. The zero-order valence-corrected chi connectivity index (χ0v) is 18.9. The van der Waals surface area contributed by atoms with Crippen LogP contribution in [0.4, 0.5) is 23.2 Å². The quantitative estimate of drug-likeness (QED) is 0.275. The highest BCUT2D eigenvalue weighted by Gasteiger charge is 2.29. The van der Waals surface area contributed by atoms with Crippen molar-refractivity contribution in [3.63, 3.8) is 0 Å². The number of para-hydroxylation sites is 1. The molecule has 0 amide bonds. The molecule has 1 heterocycles. The van der Waals surface area contributed by atoms with E-state index in [1.54, 1.807) is 12.1 Å². The Morgan fingerprint density at radius 3 is 2.44 bits per heavy atom. The number of alkyl halides is 3. The van der Waals surface area contributed by atoms with Crippen molar-refractivity contribution in [3.05, 3.63) is 88.7 Å². The third-order valence-corrected chi connectivity index (χ3v) is 5.45. The second-order valence-electron chi connectivity index (χ2n) is 7.61. The SMILES string of the molecule is FC(F)(F)c1ccc(S)cc1.O=C(O)CCc1ccc(OCc2cccc3c2NCC3)cc1F. The molecular weight excluding hydrogens is 470 g/mol. The molecular formula is C25H23F4NO3S. The molecule has 4 rings (SSSR count). The van der Waals surface area contributed by atoms with Crippen molar-refractivity contribution >= 4 is 24.3 Å². The molecule has 0 aromatic heterocycles. The second-order valence-corrected chi connectivity index (χ2v) is 8.12. The maximum absolute atomic E-state index is 14.0. The average molecular weight is 494 g/mol. The van der Waals surface area contributed by atoms with E-state index in [-0.39, 0.29) is 12.8 Å². The number of carboxylic acids is 1. The summed E-state index contributed by atoms with van der Waals surface area (Å²) in [5.41, 5.74) is 3.19. The Hall–Kier alpha value is -3.20. The lowest BCUT2D eigenvalue weighted by atomic mass is 10.1. The maximum Gasteiger partial charge on any atom is 0.416 e. The molecule has 3 aromatic rings. The molecule has 0 radical (unpaired) electrons. The summed E-state index contributed by atoms with van der Waals surface area (Å²) >= 11 is 3.86.